The standard InChI is InChI=1S/C18H27N/c1-2-8-16(9-3-1)17(14-19-18-12-13-18)11-10-15-6-4-5-7-15/h1-3,8-9,15,17-19H,4-7,10-14H2. The fourth-order valence-corrected chi connectivity index (χ4v) is 3.44. The van der Waals surface area contributed by atoms with Gasteiger partial charge in [0.15, 0.2) is 0 Å². The van der Waals surface area contributed by atoms with E-state index in [2.05, 4.69) is 35.6 Å². The molecule has 2 aliphatic rings. The fraction of sp³-hybridized carbons (Fsp3) is 0.667. The van der Waals surface area contributed by atoms with Crippen LogP contribution in [0.1, 0.15) is 62.8 Å². The molecule has 0 radical (unpaired) electrons. The largest absolute Gasteiger partial charge is 0.313 e. The number of benzene rings is 1. The van der Waals surface area contributed by atoms with E-state index in [1.807, 2.05) is 0 Å². The lowest BCUT2D eigenvalue weighted by molar-refractivity contribution is 0.436. The van der Waals surface area contributed by atoms with Gasteiger partial charge in [-0.05, 0) is 43.1 Å². The molecule has 19 heavy (non-hydrogen) atoms. The molecule has 104 valence electrons. The predicted octanol–water partition coefficient (Wildman–Crippen LogP) is 4.49. The smallest absolute Gasteiger partial charge is 0.00684 e. The highest BCUT2D eigenvalue weighted by atomic mass is 14.9. The van der Waals surface area contributed by atoms with Crippen LogP contribution < -0.4 is 5.32 Å². The molecule has 0 aliphatic heterocycles. The van der Waals surface area contributed by atoms with E-state index in [1.165, 1.54) is 63.5 Å². The third-order valence-electron chi connectivity index (χ3n) is 4.90. The van der Waals surface area contributed by atoms with E-state index in [0.717, 1.165) is 17.9 Å². The minimum absolute atomic E-state index is 0.724. The van der Waals surface area contributed by atoms with Crippen molar-refractivity contribution in [2.45, 2.75) is 63.3 Å². The molecule has 0 amide bonds. The highest BCUT2D eigenvalue weighted by Crippen LogP contribution is 2.32. The van der Waals surface area contributed by atoms with Gasteiger partial charge in [-0.25, -0.2) is 0 Å². The number of rotatable bonds is 7. The Hall–Kier alpha value is -0.820. The molecule has 0 spiro atoms. The monoisotopic (exact) mass is 257 g/mol. The van der Waals surface area contributed by atoms with Crippen molar-refractivity contribution in [2.75, 3.05) is 6.54 Å². The molecule has 0 bridgehead atoms. The molecule has 1 heteroatoms. The van der Waals surface area contributed by atoms with Crippen molar-refractivity contribution < 1.29 is 0 Å². The molecular formula is C18H27N. The first-order chi connectivity index (χ1) is 9.42. The first-order valence-corrected chi connectivity index (χ1v) is 8.20. The molecule has 0 heterocycles. The van der Waals surface area contributed by atoms with Crippen LogP contribution in [-0.2, 0) is 0 Å². The highest BCUT2D eigenvalue weighted by Gasteiger charge is 2.23. The maximum absolute atomic E-state index is 3.73. The van der Waals surface area contributed by atoms with Crippen molar-refractivity contribution in [2.24, 2.45) is 5.92 Å². The zero-order valence-corrected chi connectivity index (χ0v) is 12.0. The predicted molar refractivity (Wildman–Crippen MR) is 81.4 cm³/mol. The number of hydrogen-bond donors (Lipinski definition) is 1. The molecule has 1 unspecified atom stereocenters. The molecule has 1 N–H and O–H groups in total. The average molecular weight is 257 g/mol. The Labute approximate surface area is 117 Å². The van der Waals surface area contributed by atoms with Gasteiger partial charge in [-0.3, -0.25) is 0 Å². The van der Waals surface area contributed by atoms with Gasteiger partial charge in [-0.1, -0.05) is 56.0 Å². The van der Waals surface area contributed by atoms with Gasteiger partial charge in [0.25, 0.3) is 0 Å². The average Bonchev–Trinajstić information content (AvgIpc) is 3.14. The third kappa shape index (κ3) is 4.07. The summed E-state index contributed by atoms with van der Waals surface area (Å²) in [5, 5.41) is 3.73. The highest BCUT2D eigenvalue weighted by molar-refractivity contribution is 5.20. The lowest BCUT2D eigenvalue weighted by Gasteiger charge is -2.20. The van der Waals surface area contributed by atoms with E-state index < -0.39 is 0 Å². The van der Waals surface area contributed by atoms with Gasteiger partial charge in [-0.15, -0.1) is 0 Å². The van der Waals surface area contributed by atoms with E-state index in [0.29, 0.717) is 0 Å². The van der Waals surface area contributed by atoms with Crippen LogP contribution >= 0.6 is 0 Å². The molecule has 1 aromatic carbocycles. The van der Waals surface area contributed by atoms with Gasteiger partial charge in [0.05, 0.1) is 0 Å². The first kappa shape index (κ1) is 13.2. The van der Waals surface area contributed by atoms with Crippen LogP contribution in [0.5, 0.6) is 0 Å². The van der Waals surface area contributed by atoms with Gasteiger partial charge in [-0.2, -0.15) is 0 Å². The van der Waals surface area contributed by atoms with E-state index >= 15 is 0 Å². The molecule has 0 saturated heterocycles. The summed E-state index contributed by atoms with van der Waals surface area (Å²) in [4.78, 5) is 0. The van der Waals surface area contributed by atoms with Crippen molar-refractivity contribution in [3.8, 4) is 0 Å². The molecular weight excluding hydrogens is 230 g/mol. The van der Waals surface area contributed by atoms with Crippen molar-refractivity contribution in [3.05, 3.63) is 35.9 Å². The molecule has 1 atom stereocenters. The first-order valence-electron chi connectivity index (χ1n) is 8.20. The maximum Gasteiger partial charge on any atom is 0.00684 e. The second-order valence-electron chi connectivity index (χ2n) is 6.52. The Morgan fingerprint density at radius 1 is 1.00 bits per heavy atom. The summed E-state index contributed by atoms with van der Waals surface area (Å²) < 4.78 is 0. The van der Waals surface area contributed by atoms with Gasteiger partial charge in [0, 0.05) is 12.6 Å². The minimum Gasteiger partial charge on any atom is -0.313 e. The van der Waals surface area contributed by atoms with Crippen LogP contribution in [0.15, 0.2) is 30.3 Å². The summed E-state index contributed by atoms with van der Waals surface area (Å²) in [6.07, 6.45) is 11.5. The molecule has 0 aromatic heterocycles. The molecule has 2 saturated carbocycles. The summed E-state index contributed by atoms with van der Waals surface area (Å²) in [6, 6.07) is 12.0. The summed E-state index contributed by atoms with van der Waals surface area (Å²) in [6.45, 7) is 1.18. The zero-order valence-electron chi connectivity index (χ0n) is 12.0. The van der Waals surface area contributed by atoms with E-state index in [1.54, 1.807) is 0 Å². The Balaban J connectivity index is 1.54. The third-order valence-corrected chi connectivity index (χ3v) is 4.90. The quantitative estimate of drug-likeness (QED) is 0.758. The summed E-state index contributed by atoms with van der Waals surface area (Å²) in [7, 11) is 0. The summed E-state index contributed by atoms with van der Waals surface area (Å²) >= 11 is 0. The number of nitrogens with one attached hydrogen (secondary N) is 1. The van der Waals surface area contributed by atoms with E-state index in [4.69, 9.17) is 0 Å². The van der Waals surface area contributed by atoms with Crippen molar-refractivity contribution >= 4 is 0 Å². The van der Waals surface area contributed by atoms with Crippen LogP contribution in [0.25, 0.3) is 0 Å². The Morgan fingerprint density at radius 2 is 1.74 bits per heavy atom. The van der Waals surface area contributed by atoms with Gasteiger partial charge in [0.1, 0.15) is 0 Å². The maximum atomic E-state index is 3.73. The topological polar surface area (TPSA) is 12.0 Å². The van der Waals surface area contributed by atoms with Crippen LogP contribution in [0, 0.1) is 5.92 Å². The lowest BCUT2D eigenvalue weighted by Crippen LogP contribution is -2.24. The van der Waals surface area contributed by atoms with E-state index in [-0.39, 0.29) is 0 Å². The van der Waals surface area contributed by atoms with E-state index in [9.17, 15) is 0 Å². The molecule has 2 aliphatic carbocycles. The van der Waals surface area contributed by atoms with Gasteiger partial charge in [0.2, 0.25) is 0 Å². The summed E-state index contributed by atoms with van der Waals surface area (Å²) in [5.74, 6) is 1.74. The summed E-state index contributed by atoms with van der Waals surface area (Å²) in [5.41, 5.74) is 1.54. The zero-order chi connectivity index (χ0) is 12.9. The SMILES string of the molecule is c1ccc(C(CCC2CCCC2)CNC2CC2)cc1. The van der Waals surface area contributed by atoms with Crippen LogP contribution in [-0.4, -0.2) is 12.6 Å². The molecule has 1 aromatic rings. The molecule has 2 fully saturated rings. The molecule has 3 rings (SSSR count). The second kappa shape index (κ2) is 6.56. The van der Waals surface area contributed by atoms with Crippen LogP contribution in [0.4, 0.5) is 0 Å². The van der Waals surface area contributed by atoms with Crippen molar-refractivity contribution in [1.29, 1.82) is 0 Å². The van der Waals surface area contributed by atoms with Crippen molar-refractivity contribution in [3.63, 3.8) is 0 Å². The van der Waals surface area contributed by atoms with Crippen LogP contribution in [0.2, 0.25) is 0 Å². The van der Waals surface area contributed by atoms with Gasteiger partial charge < -0.3 is 5.32 Å². The Morgan fingerprint density at radius 3 is 2.42 bits per heavy atom. The van der Waals surface area contributed by atoms with Crippen molar-refractivity contribution in [1.82, 2.24) is 5.32 Å². The second-order valence-corrected chi connectivity index (χ2v) is 6.52. The Kier molecular flexibility index (Phi) is 4.55. The lowest BCUT2D eigenvalue weighted by atomic mass is 9.89. The fourth-order valence-electron chi connectivity index (χ4n) is 3.44. The normalized spacial score (nSPS) is 21.7. The molecule has 1 nitrogen and oxygen atoms in total. The minimum atomic E-state index is 0.724. The Bertz CT molecular complexity index is 363. The van der Waals surface area contributed by atoms with Gasteiger partial charge >= 0.3 is 0 Å². The number of hydrogen-bond acceptors (Lipinski definition) is 1. The van der Waals surface area contributed by atoms with Crippen LogP contribution in [0.3, 0.4) is 0 Å².